The van der Waals surface area contributed by atoms with Gasteiger partial charge in [0.05, 0.1) is 0 Å². The second-order valence-electron chi connectivity index (χ2n) is 6.64. The summed E-state index contributed by atoms with van der Waals surface area (Å²) < 4.78 is 2.19. The van der Waals surface area contributed by atoms with Crippen LogP contribution in [0.25, 0.3) is 0 Å². The molecule has 0 aliphatic rings. The van der Waals surface area contributed by atoms with Gasteiger partial charge in [-0.1, -0.05) is 41.5 Å². The van der Waals surface area contributed by atoms with Crippen LogP contribution in [0.15, 0.2) is 0 Å². The summed E-state index contributed by atoms with van der Waals surface area (Å²) in [7, 11) is 4.25. The van der Waals surface area contributed by atoms with Crippen molar-refractivity contribution >= 4 is 26.3 Å². The van der Waals surface area contributed by atoms with Gasteiger partial charge in [0.2, 0.25) is 0 Å². The molecule has 0 saturated heterocycles. The number of rotatable bonds is 0. The van der Waals surface area contributed by atoms with E-state index in [9.17, 15) is 0 Å². The quantitative estimate of drug-likeness (QED) is 0.598. The van der Waals surface area contributed by atoms with Crippen LogP contribution in [0.5, 0.6) is 0 Å². The van der Waals surface area contributed by atoms with E-state index in [4.69, 9.17) is 0 Å². The van der Waals surface area contributed by atoms with Crippen molar-refractivity contribution in [2.75, 3.05) is 14.1 Å². The second-order valence-corrected chi connectivity index (χ2v) is 15.0. The van der Waals surface area contributed by atoms with Crippen LogP contribution in [0, 0.1) is 0 Å². The Kier molecular flexibility index (Phi) is 7.77. The molecule has 82 valence electrons. The molecule has 1 nitrogen and oxygen atoms in total. The van der Waals surface area contributed by atoms with E-state index in [0.29, 0.717) is 10.1 Å². The number of hydrogen-bond donors (Lipinski definition) is 0. The van der Waals surface area contributed by atoms with Crippen molar-refractivity contribution in [1.29, 1.82) is 0 Å². The Morgan fingerprint density at radius 2 is 1.00 bits per heavy atom. The molecular weight excluding hydrogens is 235 g/mol. The fourth-order valence-corrected chi connectivity index (χ4v) is 4.77. The third-order valence-corrected chi connectivity index (χ3v) is 3.18. The number of hydrogen-bond acceptors (Lipinski definition) is 1. The first-order valence-corrected chi connectivity index (χ1v) is 8.34. The molecule has 0 aliphatic heterocycles. The molecule has 0 aromatic rings. The van der Waals surface area contributed by atoms with Gasteiger partial charge in [-0.2, -0.15) is 0 Å². The van der Waals surface area contributed by atoms with Crippen molar-refractivity contribution in [2.45, 2.75) is 51.6 Å². The van der Waals surface area contributed by atoms with Crippen molar-refractivity contribution < 1.29 is 0 Å². The van der Waals surface area contributed by atoms with Crippen molar-refractivity contribution in [1.82, 2.24) is 3.86 Å². The summed E-state index contributed by atoms with van der Waals surface area (Å²) in [5.41, 5.74) is 0. The first-order chi connectivity index (χ1) is 5.44. The predicted octanol–water partition coefficient (Wildman–Crippen LogP) is 1.42. The van der Waals surface area contributed by atoms with Crippen LogP contribution in [0.4, 0.5) is 0 Å². The summed E-state index contributed by atoms with van der Waals surface area (Å²) in [4.78, 5) is 0. The van der Waals surface area contributed by atoms with Gasteiger partial charge in [-0.15, -0.1) is 0 Å². The molecule has 13 heavy (non-hydrogen) atoms. The molecule has 0 fully saturated rings. The van der Waals surface area contributed by atoms with Crippen LogP contribution in [-0.2, 0) is 0 Å². The van der Waals surface area contributed by atoms with Crippen LogP contribution in [-0.4, -0.2) is 44.2 Å². The molecule has 0 bridgehead atoms. The second kappa shape index (κ2) is 6.25. The van der Waals surface area contributed by atoms with E-state index < -0.39 is 0 Å². The van der Waals surface area contributed by atoms with Gasteiger partial charge in [0, 0.05) is 9.52 Å². The minimum absolute atomic E-state index is 0.0880. The predicted molar refractivity (Wildman–Crippen MR) is 71.6 cm³/mol. The van der Waals surface area contributed by atoms with Crippen LogP contribution in [0.1, 0.15) is 41.5 Å². The van der Waals surface area contributed by atoms with E-state index in [-0.39, 0.29) is 9.52 Å². The summed E-state index contributed by atoms with van der Waals surface area (Å²) in [6.07, 6.45) is 0. The Morgan fingerprint density at radius 3 is 1.00 bits per heavy atom. The van der Waals surface area contributed by atoms with Gasteiger partial charge in [-0.05, 0) is 10.1 Å². The molecule has 0 saturated carbocycles. The minimum atomic E-state index is 0.0880. The maximum atomic E-state index is 2.35. The molecule has 0 rings (SSSR count). The van der Waals surface area contributed by atoms with Gasteiger partial charge in [0.25, 0.3) is 0 Å². The third kappa shape index (κ3) is 32.4. The normalized spacial score (nSPS) is 12.7. The van der Waals surface area contributed by atoms with E-state index in [1.807, 2.05) is 0 Å². The molecule has 0 aromatic heterocycles. The Morgan fingerprint density at radius 1 is 0.846 bits per heavy atom. The van der Waals surface area contributed by atoms with E-state index in [1.165, 1.54) is 0 Å². The van der Waals surface area contributed by atoms with Crippen LogP contribution < -0.4 is 0 Å². The van der Waals surface area contributed by atoms with Crippen molar-refractivity contribution in [3.63, 3.8) is 0 Å². The molecule has 3 heteroatoms. The topological polar surface area (TPSA) is 3.24 Å². The molecule has 0 N–H and O–H groups in total. The third-order valence-electron chi connectivity index (χ3n) is 1.06. The fraction of sp³-hybridized carbons (Fsp3) is 1.00. The molecule has 0 amide bonds. The zero-order valence-corrected chi connectivity index (χ0v) is 16.8. The first-order valence-electron chi connectivity index (χ1n) is 5.05. The maximum absolute atomic E-state index is 2.35. The molecule has 0 heterocycles. The summed E-state index contributed by atoms with van der Waals surface area (Å²) in [6.45, 7) is 14.1. The summed E-state index contributed by atoms with van der Waals surface area (Å²) in [6, 6.07) is 0. The summed E-state index contributed by atoms with van der Waals surface area (Å²) >= 11 is 0.896. The van der Waals surface area contributed by atoms with Crippen LogP contribution >= 0.6 is 0 Å². The fourth-order valence-electron chi connectivity index (χ4n) is 1.59. The average Bonchev–Trinajstić information content (AvgIpc) is 1.47. The zero-order valence-electron chi connectivity index (χ0n) is 11.2. The van der Waals surface area contributed by atoms with Gasteiger partial charge in [-0.25, -0.2) is 0 Å². The average molecular weight is 264 g/mol. The SMILES string of the molecule is CC(C)(C)[SiH2]C(C)(C)C.C[N](C)[GeH3]. The Labute approximate surface area is 95.9 Å². The van der Waals surface area contributed by atoms with Gasteiger partial charge in [0.1, 0.15) is 0 Å². The van der Waals surface area contributed by atoms with Crippen molar-refractivity contribution in [3.05, 3.63) is 0 Å². The first kappa shape index (κ1) is 16.2. The molecule has 0 aromatic carbocycles. The van der Waals surface area contributed by atoms with Gasteiger partial charge in [-0.3, -0.25) is 0 Å². The van der Waals surface area contributed by atoms with E-state index in [1.54, 1.807) is 0 Å². The van der Waals surface area contributed by atoms with Gasteiger partial charge >= 0.3 is 34.7 Å². The number of nitrogens with zero attached hydrogens (tertiary/aromatic N) is 1. The van der Waals surface area contributed by atoms with E-state index >= 15 is 0 Å². The Balaban J connectivity index is 0. The summed E-state index contributed by atoms with van der Waals surface area (Å²) in [5, 5.41) is 1.25. The van der Waals surface area contributed by atoms with Crippen LogP contribution in [0.2, 0.25) is 10.1 Å². The monoisotopic (exact) mass is 265 g/mol. The molecule has 0 spiro atoms. The van der Waals surface area contributed by atoms with Crippen LogP contribution in [0.3, 0.4) is 0 Å². The van der Waals surface area contributed by atoms with Crippen molar-refractivity contribution in [3.8, 4) is 0 Å². The molecular formula is C10H29GeNSi. The molecule has 0 unspecified atom stereocenters. The molecule has 0 radical (unpaired) electrons. The standard InChI is InChI=1S/C8H20Si.C2H9GeN/c1-7(2,3)9-8(4,5)6;1-4(2)3/h9H2,1-6H3;1-3H3. The van der Waals surface area contributed by atoms with E-state index in [0.717, 1.165) is 16.7 Å². The van der Waals surface area contributed by atoms with Gasteiger partial charge in [0.15, 0.2) is 0 Å². The zero-order chi connectivity index (χ0) is 11.3. The van der Waals surface area contributed by atoms with E-state index in [2.05, 4.69) is 59.5 Å². The Bertz CT molecular complexity index is 107. The van der Waals surface area contributed by atoms with Crippen molar-refractivity contribution in [2.24, 2.45) is 0 Å². The Hall–Kier alpha value is 0.720. The molecule has 0 aliphatic carbocycles. The molecule has 0 atom stereocenters. The van der Waals surface area contributed by atoms with Gasteiger partial charge < -0.3 is 0 Å². The summed E-state index contributed by atoms with van der Waals surface area (Å²) in [5.74, 6) is 0.